The van der Waals surface area contributed by atoms with Gasteiger partial charge in [-0.25, -0.2) is 0 Å². The summed E-state index contributed by atoms with van der Waals surface area (Å²) in [7, 11) is 0. The minimum Gasteiger partial charge on any atom is -0.486 e. The Labute approximate surface area is 88.3 Å². The number of ether oxygens (including phenoxy) is 1. The zero-order chi connectivity index (χ0) is 11.1. The predicted octanol–water partition coefficient (Wildman–Crippen LogP) is 1.49. The topological polar surface area (TPSA) is 67.8 Å². The van der Waals surface area contributed by atoms with Gasteiger partial charge in [-0.05, 0) is 25.5 Å². The molecule has 4 heteroatoms. The number of rotatable bonds is 1. The number of fused-ring (bicyclic) bond motifs is 1. The van der Waals surface area contributed by atoms with Gasteiger partial charge in [0.25, 0.3) is 0 Å². The van der Waals surface area contributed by atoms with Gasteiger partial charge in [0.2, 0.25) is 0 Å². The maximum atomic E-state index is 8.66. The Balaban J connectivity index is 2.51. The minimum atomic E-state index is -0.214. The maximum absolute atomic E-state index is 8.66. The molecule has 4 nitrogen and oxygen atoms in total. The highest BCUT2D eigenvalue weighted by Gasteiger charge is 2.32. The second-order valence-corrected chi connectivity index (χ2v) is 4.32. The monoisotopic (exact) mass is 206 g/mol. The molecule has 3 N–H and O–H groups in total. The van der Waals surface area contributed by atoms with Crippen molar-refractivity contribution < 1.29 is 9.94 Å². The summed E-state index contributed by atoms with van der Waals surface area (Å²) in [5.41, 5.74) is 7.12. The van der Waals surface area contributed by atoms with Crippen LogP contribution in [0.1, 0.15) is 25.0 Å². The van der Waals surface area contributed by atoms with Crippen LogP contribution in [0, 0.1) is 0 Å². The SMILES string of the molecule is CC1(C)Cc2cccc(C(N)=NO)c2O1. The van der Waals surface area contributed by atoms with Crippen molar-refractivity contribution in [1.82, 2.24) is 0 Å². The Bertz CT molecular complexity index is 425. The number of benzene rings is 1. The van der Waals surface area contributed by atoms with Crippen LogP contribution in [0.15, 0.2) is 23.4 Å². The smallest absolute Gasteiger partial charge is 0.173 e. The van der Waals surface area contributed by atoms with Gasteiger partial charge in [-0.2, -0.15) is 0 Å². The van der Waals surface area contributed by atoms with E-state index in [2.05, 4.69) is 5.16 Å². The van der Waals surface area contributed by atoms with Crippen LogP contribution in [0.3, 0.4) is 0 Å². The molecule has 15 heavy (non-hydrogen) atoms. The molecule has 1 heterocycles. The summed E-state index contributed by atoms with van der Waals surface area (Å²) < 4.78 is 5.78. The molecule has 1 aliphatic rings. The van der Waals surface area contributed by atoms with Gasteiger partial charge in [-0.1, -0.05) is 17.3 Å². The zero-order valence-corrected chi connectivity index (χ0v) is 8.82. The lowest BCUT2D eigenvalue weighted by atomic mass is 10.0. The van der Waals surface area contributed by atoms with Crippen LogP contribution in [-0.2, 0) is 6.42 Å². The third-order valence-corrected chi connectivity index (χ3v) is 2.47. The van der Waals surface area contributed by atoms with Gasteiger partial charge in [-0.3, -0.25) is 0 Å². The summed E-state index contributed by atoms with van der Waals surface area (Å²) in [6.45, 7) is 4.03. The number of para-hydroxylation sites is 1. The Kier molecular flexibility index (Phi) is 2.07. The largest absolute Gasteiger partial charge is 0.486 e. The van der Waals surface area contributed by atoms with Crippen molar-refractivity contribution in [3.8, 4) is 5.75 Å². The van der Waals surface area contributed by atoms with E-state index in [0.717, 1.165) is 17.7 Å². The van der Waals surface area contributed by atoms with E-state index >= 15 is 0 Å². The first-order valence-electron chi connectivity index (χ1n) is 4.82. The summed E-state index contributed by atoms with van der Waals surface area (Å²) in [5, 5.41) is 11.7. The van der Waals surface area contributed by atoms with Crippen molar-refractivity contribution in [3.63, 3.8) is 0 Å². The molecular formula is C11H14N2O2. The number of hydrogen-bond acceptors (Lipinski definition) is 3. The minimum absolute atomic E-state index is 0.0875. The Morgan fingerprint density at radius 1 is 1.53 bits per heavy atom. The van der Waals surface area contributed by atoms with Crippen LogP contribution >= 0.6 is 0 Å². The van der Waals surface area contributed by atoms with E-state index in [-0.39, 0.29) is 11.4 Å². The van der Waals surface area contributed by atoms with Crippen molar-refractivity contribution in [2.45, 2.75) is 25.9 Å². The van der Waals surface area contributed by atoms with Crippen LogP contribution in [0.5, 0.6) is 5.75 Å². The van der Waals surface area contributed by atoms with Gasteiger partial charge in [0.1, 0.15) is 11.4 Å². The first-order valence-corrected chi connectivity index (χ1v) is 4.82. The predicted molar refractivity (Wildman–Crippen MR) is 57.4 cm³/mol. The van der Waals surface area contributed by atoms with Crippen molar-refractivity contribution in [1.29, 1.82) is 0 Å². The van der Waals surface area contributed by atoms with Gasteiger partial charge < -0.3 is 15.7 Å². The zero-order valence-electron chi connectivity index (χ0n) is 8.82. The normalized spacial score (nSPS) is 18.4. The first-order chi connectivity index (χ1) is 7.03. The van der Waals surface area contributed by atoms with E-state index in [4.69, 9.17) is 15.7 Å². The Morgan fingerprint density at radius 2 is 2.27 bits per heavy atom. The van der Waals surface area contributed by atoms with Crippen LogP contribution in [0.4, 0.5) is 0 Å². The summed E-state index contributed by atoms with van der Waals surface area (Å²) in [5.74, 6) is 0.822. The molecule has 0 radical (unpaired) electrons. The lowest BCUT2D eigenvalue weighted by molar-refractivity contribution is 0.138. The molecule has 1 aliphatic heterocycles. The lowest BCUT2D eigenvalue weighted by Crippen LogP contribution is -2.25. The standard InChI is InChI=1S/C11H14N2O2/c1-11(2)6-7-4-3-5-8(9(7)15-11)10(12)13-14/h3-5,14H,6H2,1-2H3,(H2,12,13). The average molecular weight is 206 g/mol. The van der Waals surface area contributed by atoms with Gasteiger partial charge in [0.05, 0.1) is 5.56 Å². The van der Waals surface area contributed by atoms with Gasteiger partial charge in [0.15, 0.2) is 5.84 Å². The lowest BCUT2D eigenvalue weighted by Gasteiger charge is -2.17. The molecule has 80 valence electrons. The summed E-state index contributed by atoms with van der Waals surface area (Å²) >= 11 is 0. The molecule has 0 unspecified atom stereocenters. The summed E-state index contributed by atoms with van der Waals surface area (Å²) in [4.78, 5) is 0. The van der Waals surface area contributed by atoms with Crippen molar-refractivity contribution in [2.24, 2.45) is 10.9 Å². The van der Waals surface area contributed by atoms with Crippen molar-refractivity contribution >= 4 is 5.84 Å². The van der Waals surface area contributed by atoms with Gasteiger partial charge >= 0.3 is 0 Å². The summed E-state index contributed by atoms with van der Waals surface area (Å²) in [6, 6.07) is 5.67. The van der Waals surface area contributed by atoms with E-state index in [0.29, 0.717) is 5.56 Å². The highest BCUT2D eigenvalue weighted by molar-refractivity contribution is 6.00. The quantitative estimate of drug-likeness (QED) is 0.316. The molecule has 0 spiro atoms. The molecule has 0 saturated heterocycles. The van der Waals surface area contributed by atoms with E-state index < -0.39 is 0 Å². The number of hydrogen-bond donors (Lipinski definition) is 2. The molecule has 0 aliphatic carbocycles. The van der Waals surface area contributed by atoms with E-state index in [1.165, 1.54) is 0 Å². The highest BCUT2D eigenvalue weighted by atomic mass is 16.5. The second-order valence-electron chi connectivity index (χ2n) is 4.32. The third-order valence-electron chi connectivity index (χ3n) is 2.47. The fourth-order valence-corrected chi connectivity index (χ4v) is 1.87. The molecule has 2 rings (SSSR count). The molecule has 1 aromatic carbocycles. The number of amidine groups is 1. The van der Waals surface area contributed by atoms with E-state index in [9.17, 15) is 0 Å². The van der Waals surface area contributed by atoms with Gasteiger partial charge in [0, 0.05) is 6.42 Å². The molecule has 0 atom stereocenters. The van der Waals surface area contributed by atoms with Crippen LogP contribution in [0.25, 0.3) is 0 Å². The molecule has 0 fully saturated rings. The highest BCUT2D eigenvalue weighted by Crippen LogP contribution is 2.37. The number of nitrogens with zero attached hydrogens (tertiary/aromatic N) is 1. The van der Waals surface area contributed by atoms with Crippen molar-refractivity contribution in [3.05, 3.63) is 29.3 Å². The average Bonchev–Trinajstić information content (AvgIpc) is 2.49. The molecule has 0 bridgehead atoms. The molecule has 0 aromatic heterocycles. The van der Waals surface area contributed by atoms with E-state index in [1.54, 1.807) is 6.07 Å². The number of nitrogens with two attached hydrogens (primary N) is 1. The van der Waals surface area contributed by atoms with Gasteiger partial charge in [-0.15, -0.1) is 0 Å². The second kappa shape index (κ2) is 3.15. The molecule has 0 amide bonds. The van der Waals surface area contributed by atoms with Crippen molar-refractivity contribution in [2.75, 3.05) is 0 Å². The number of oxime groups is 1. The fraction of sp³-hybridized carbons (Fsp3) is 0.364. The third kappa shape index (κ3) is 1.63. The Hall–Kier alpha value is -1.71. The van der Waals surface area contributed by atoms with Crippen LogP contribution in [-0.4, -0.2) is 16.6 Å². The van der Waals surface area contributed by atoms with Crippen LogP contribution < -0.4 is 10.5 Å². The molecule has 1 aromatic rings. The fourth-order valence-electron chi connectivity index (χ4n) is 1.87. The van der Waals surface area contributed by atoms with E-state index in [1.807, 2.05) is 26.0 Å². The maximum Gasteiger partial charge on any atom is 0.173 e. The first kappa shape index (κ1) is 9.83. The molecular weight excluding hydrogens is 192 g/mol. The van der Waals surface area contributed by atoms with Crippen LogP contribution in [0.2, 0.25) is 0 Å². The summed E-state index contributed by atoms with van der Waals surface area (Å²) in [6.07, 6.45) is 0.842. The molecule has 0 saturated carbocycles. The Morgan fingerprint density at radius 3 is 2.93 bits per heavy atom.